The Hall–Kier alpha value is -4.57. The average Bonchev–Trinajstić information content (AvgIpc) is 3.32. The van der Waals surface area contributed by atoms with Crippen LogP contribution in [0.3, 0.4) is 0 Å². The molecule has 202 valence electrons. The first-order chi connectivity index (χ1) is 18.7. The lowest BCUT2D eigenvalue weighted by molar-refractivity contribution is -0.139. The van der Waals surface area contributed by atoms with Gasteiger partial charge in [0.15, 0.2) is 0 Å². The maximum Gasteiger partial charge on any atom is 0.328 e. The van der Waals surface area contributed by atoms with Crippen molar-refractivity contribution in [3.63, 3.8) is 0 Å². The summed E-state index contributed by atoms with van der Waals surface area (Å²) in [5.74, 6) is -2.55. The summed E-state index contributed by atoms with van der Waals surface area (Å²) in [7, 11) is 0. The van der Waals surface area contributed by atoms with Crippen LogP contribution in [0.2, 0.25) is 5.02 Å². The van der Waals surface area contributed by atoms with E-state index < -0.39 is 29.9 Å². The number of aliphatic carboxylic acids is 1. The second kappa shape index (κ2) is 12.3. The van der Waals surface area contributed by atoms with Gasteiger partial charge in [0, 0.05) is 17.7 Å². The van der Waals surface area contributed by atoms with Gasteiger partial charge in [-0.15, -0.1) is 0 Å². The molecule has 0 spiro atoms. The highest BCUT2D eigenvalue weighted by molar-refractivity contribution is 6.34. The third-order valence-electron chi connectivity index (χ3n) is 6.42. The standard InChI is InChI=1S/C28H27ClN4O6/c29-21-13-17(25(35)30-14-18-6-2-4-8-24(18)34)9-11-20(21)26(36)32-23(27(37)38)15-31-28(39)33-22-12-10-16-5-1-3-7-19(16)22/h1-9,11,13,22-23,34H,10,12,14-15H2,(H,30,35)(H,32,36)(H,37,38)(H2,31,33,39). The van der Waals surface area contributed by atoms with Crippen LogP contribution in [0.25, 0.3) is 0 Å². The number of rotatable bonds is 9. The van der Waals surface area contributed by atoms with Crippen molar-refractivity contribution < 1.29 is 29.4 Å². The van der Waals surface area contributed by atoms with E-state index in [-0.39, 0.29) is 41.0 Å². The number of hydrogen-bond donors (Lipinski definition) is 6. The number of para-hydroxylation sites is 1. The molecule has 0 saturated heterocycles. The monoisotopic (exact) mass is 550 g/mol. The Morgan fingerprint density at radius 3 is 2.44 bits per heavy atom. The van der Waals surface area contributed by atoms with Crippen LogP contribution in [0.15, 0.2) is 66.7 Å². The van der Waals surface area contributed by atoms with Crippen molar-refractivity contribution in [3.8, 4) is 5.75 Å². The van der Waals surface area contributed by atoms with E-state index in [0.717, 1.165) is 24.0 Å². The Bertz CT molecular complexity index is 1410. The number of hydrogen-bond acceptors (Lipinski definition) is 5. The number of urea groups is 1. The number of carbonyl (C=O) groups is 4. The number of carboxylic acid groups (broad SMARTS) is 1. The van der Waals surface area contributed by atoms with E-state index in [2.05, 4.69) is 21.3 Å². The summed E-state index contributed by atoms with van der Waals surface area (Å²) in [6.45, 7) is -0.273. The number of halogens is 1. The number of aromatic hydroxyl groups is 1. The predicted octanol–water partition coefficient (Wildman–Crippen LogP) is 3.15. The molecule has 0 fully saturated rings. The number of nitrogens with one attached hydrogen (secondary N) is 4. The van der Waals surface area contributed by atoms with Gasteiger partial charge < -0.3 is 31.5 Å². The van der Waals surface area contributed by atoms with Crippen molar-refractivity contribution in [2.24, 2.45) is 0 Å². The lowest BCUT2D eigenvalue weighted by Crippen LogP contribution is -2.50. The van der Waals surface area contributed by atoms with Gasteiger partial charge in [0.05, 0.1) is 23.2 Å². The Balaban J connectivity index is 1.31. The first-order valence-electron chi connectivity index (χ1n) is 12.2. The van der Waals surface area contributed by atoms with Crippen molar-refractivity contribution in [2.75, 3.05) is 6.54 Å². The van der Waals surface area contributed by atoms with E-state index in [1.807, 2.05) is 24.3 Å². The second-order valence-electron chi connectivity index (χ2n) is 9.01. The molecular weight excluding hydrogens is 524 g/mol. The number of benzene rings is 3. The quantitative estimate of drug-likeness (QED) is 0.240. The molecule has 0 radical (unpaired) electrons. The molecule has 10 nitrogen and oxygen atoms in total. The molecule has 39 heavy (non-hydrogen) atoms. The predicted molar refractivity (Wildman–Crippen MR) is 144 cm³/mol. The largest absolute Gasteiger partial charge is 0.508 e. The van der Waals surface area contributed by atoms with Gasteiger partial charge in [-0.1, -0.05) is 54.1 Å². The zero-order chi connectivity index (χ0) is 27.9. The maximum atomic E-state index is 12.8. The van der Waals surface area contributed by atoms with Crippen LogP contribution in [0.5, 0.6) is 5.75 Å². The maximum absolute atomic E-state index is 12.8. The number of aryl methyl sites for hydroxylation is 1. The SMILES string of the molecule is O=C(NCC(NC(=O)c1ccc(C(=O)NCc2ccccc2O)cc1Cl)C(=O)O)NC1CCc2ccccc21. The molecular formula is C28H27ClN4O6. The summed E-state index contributed by atoms with van der Waals surface area (Å²) in [4.78, 5) is 49.4. The minimum absolute atomic E-state index is 0.0350. The van der Waals surface area contributed by atoms with Crippen LogP contribution in [0, 0.1) is 0 Å². The number of carbonyl (C=O) groups excluding carboxylic acids is 3. The molecule has 0 bridgehead atoms. The third-order valence-corrected chi connectivity index (χ3v) is 6.73. The number of phenols is 1. The molecule has 3 aromatic carbocycles. The molecule has 0 saturated carbocycles. The highest BCUT2D eigenvalue weighted by atomic mass is 35.5. The van der Waals surface area contributed by atoms with Gasteiger partial charge in [0.1, 0.15) is 11.8 Å². The molecule has 4 rings (SSSR count). The summed E-state index contributed by atoms with van der Waals surface area (Å²) in [5.41, 5.74) is 2.86. The average molecular weight is 551 g/mol. The van der Waals surface area contributed by atoms with E-state index in [4.69, 9.17) is 11.6 Å². The van der Waals surface area contributed by atoms with Crippen molar-refractivity contribution in [1.29, 1.82) is 0 Å². The van der Waals surface area contributed by atoms with Gasteiger partial charge in [0.2, 0.25) is 0 Å². The molecule has 1 aliphatic carbocycles. The number of carboxylic acids is 1. The second-order valence-corrected chi connectivity index (χ2v) is 9.42. The molecule has 0 aromatic heterocycles. The Morgan fingerprint density at radius 2 is 1.69 bits per heavy atom. The zero-order valence-corrected chi connectivity index (χ0v) is 21.5. The van der Waals surface area contributed by atoms with E-state index in [1.54, 1.807) is 18.2 Å². The van der Waals surface area contributed by atoms with E-state index in [1.165, 1.54) is 24.3 Å². The highest BCUT2D eigenvalue weighted by Gasteiger charge is 2.26. The normalized spacial score (nSPS) is 14.5. The topological polar surface area (TPSA) is 157 Å². The number of fused-ring (bicyclic) bond motifs is 1. The van der Waals surface area contributed by atoms with E-state index >= 15 is 0 Å². The van der Waals surface area contributed by atoms with E-state index in [9.17, 15) is 29.4 Å². The summed E-state index contributed by atoms with van der Waals surface area (Å²) in [5, 5.41) is 29.7. The third kappa shape index (κ3) is 6.85. The fourth-order valence-electron chi connectivity index (χ4n) is 4.33. The number of phenolic OH excluding ortho intramolecular Hbond substituents is 1. The van der Waals surface area contributed by atoms with Crippen LogP contribution >= 0.6 is 11.6 Å². The molecule has 2 unspecified atom stereocenters. The molecule has 0 heterocycles. The van der Waals surface area contributed by atoms with Crippen LogP contribution in [0.1, 0.15) is 49.9 Å². The smallest absolute Gasteiger partial charge is 0.328 e. The van der Waals surface area contributed by atoms with Crippen molar-refractivity contribution in [3.05, 3.63) is 99.6 Å². The number of amides is 4. The molecule has 3 aromatic rings. The molecule has 11 heteroatoms. The Kier molecular flexibility index (Phi) is 8.67. The van der Waals surface area contributed by atoms with Gasteiger partial charge in [-0.25, -0.2) is 9.59 Å². The minimum Gasteiger partial charge on any atom is -0.508 e. The fourth-order valence-corrected chi connectivity index (χ4v) is 4.59. The molecule has 4 amide bonds. The minimum atomic E-state index is -1.42. The van der Waals surface area contributed by atoms with Gasteiger partial charge in [-0.3, -0.25) is 9.59 Å². The van der Waals surface area contributed by atoms with Crippen molar-refractivity contribution in [1.82, 2.24) is 21.3 Å². The molecule has 6 N–H and O–H groups in total. The van der Waals surface area contributed by atoms with Crippen molar-refractivity contribution >= 4 is 35.4 Å². The van der Waals surface area contributed by atoms with E-state index in [0.29, 0.717) is 5.56 Å². The summed E-state index contributed by atoms with van der Waals surface area (Å²) in [6, 6.07) is 16.2. The van der Waals surface area contributed by atoms with Gasteiger partial charge in [-0.2, -0.15) is 0 Å². The summed E-state index contributed by atoms with van der Waals surface area (Å²) < 4.78 is 0. The van der Waals surface area contributed by atoms with Crippen LogP contribution in [0.4, 0.5) is 4.79 Å². The van der Waals surface area contributed by atoms with Crippen LogP contribution in [-0.4, -0.2) is 46.6 Å². The van der Waals surface area contributed by atoms with Crippen LogP contribution < -0.4 is 21.3 Å². The molecule has 1 aliphatic rings. The summed E-state index contributed by atoms with van der Waals surface area (Å²) in [6.07, 6.45) is 1.58. The zero-order valence-electron chi connectivity index (χ0n) is 20.7. The lowest BCUT2D eigenvalue weighted by atomic mass is 10.1. The van der Waals surface area contributed by atoms with Gasteiger partial charge in [0.25, 0.3) is 11.8 Å². The molecule has 2 atom stereocenters. The Labute approximate surface area is 229 Å². The summed E-state index contributed by atoms with van der Waals surface area (Å²) >= 11 is 6.23. The first-order valence-corrected chi connectivity index (χ1v) is 12.6. The first kappa shape index (κ1) is 27.5. The van der Waals surface area contributed by atoms with Crippen LogP contribution in [-0.2, 0) is 17.8 Å². The fraction of sp³-hybridized carbons (Fsp3) is 0.214. The van der Waals surface area contributed by atoms with Crippen molar-refractivity contribution in [2.45, 2.75) is 31.5 Å². The Morgan fingerprint density at radius 1 is 0.949 bits per heavy atom. The van der Waals surface area contributed by atoms with Gasteiger partial charge >= 0.3 is 12.0 Å². The van der Waals surface area contributed by atoms with Gasteiger partial charge in [-0.05, 0) is 48.2 Å². The highest BCUT2D eigenvalue weighted by Crippen LogP contribution is 2.30. The lowest BCUT2D eigenvalue weighted by Gasteiger charge is -2.18. The molecule has 0 aliphatic heterocycles.